The summed E-state index contributed by atoms with van der Waals surface area (Å²) in [6, 6.07) is 15.0. The van der Waals surface area contributed by atoms with E-state index in [1.54, 1.807) is 0 Å². The number of aromatic nitrogens is 2. The van der Waals surface area contributed by atoms with Crippen molar-refractivity contribution in [3.63, 3.8) is 0 Å². The van der Waals surface area contributed by atoms with Crippen molar-refractivity contribution in [1.82, 2.24) is 10.2 Å². The lowest BCUT2D eigenvalue weighted by molar-refractivity contribution is 0.420. The highest BCUT2D eigenvalue weighted by Gasteiger charge is 2.44. The molecule has 130 valence electrons. The van der Waals surface area contributed by atoms with Crippen LogP contribution in [0, 0.1) is 18.3 Å². The molecule has 5 nitrogen and oxygen atoms in total. The van der Waals surface area contributed by atoms with Gasteiger partial charge < -0.3 is 11.1 Å². The third-order valence-electron chi connectivity index (χ3n) is 5.91. The second-order valence-electron chi connectivity index (χ2n) is 7.33. The SMILES string of the molecule is Cc1[nH]ncc1C1Nc2ccc(C(=N)N)cc2C2c3ccccc3CC12. The average molecular weight is 343 g/mol. The number of nitrogens with one attached hydrogen (secondary N) is 3. The molecule has 0 fully saturated rings. The molecule has 1 aliphatic carbocycles. The number of aryl methyl sites for hydroxylation is 1. The van der Waals surface area contributed by atoms with E-state index in [2.05, 4.69) is 58.8 Å². The molecular formula is C21H21N5. The van der Waals surface area contributed by atoms with Gasteiger partial charge in [-0.3, -0.25) is 10.5 Å². The second-order valence-corrected chi connectivity index (χ2v) is 7.33. The van der Waals surface area contributed by atoms with Crippen molar-refractivity contribution in [2.24, 2.45) is 11.7 Å². The van der Waals surface area contributed by atoms with Gasteiger partial charge in [0.05, 0.1) is 12.2 Å². The second kappa shape index (κ2) is 5.46. The highest BCUT2D eigenvalue weighted by Crippen LogP contribution is 2.54. The van der Waals surface area contributed by atoms with Crippen molar-refractivity contribution in [2.45, 2.75) is 25.3 Å². The molecule has 3 atom stereocenters. The van der Waals surface area contributed by atoms with Crippen LogP contribution in [-0.4, -0.2) is 16.0 Å². The molecule has 0 saturated carbocycles. The van der Waals surface area contributed by atoms with Crippen LogP contribution in [0.5, 0.6) is 0 Å². The smallest absolute Gasteiger partial charge is 0.122 e. The third kappa shape index (κ3) is 2.10. The number of anilines is 1. The number of hydrogen-bond donors (Lipinski definition) is 4. The van der Waals surface area contributed by atoms with Crippen LogP contribution < -0.4 is 11.1 Å². The average Bonchev–Trinajstić information content (AvgIpc) is 3.24. The summed E-state index contributed by atoms with van der Waals surface area (Å²) in [5.41, 5.74) is 14.1. The zero-order chi connectivity index (χ0) is 17.8. The lowest BCUT2D eigenvalue weighted by Crippen LogP contribution is -2.31. The standard InChI is InChI=1S/C21H21N5/c1-11-17(10-24-26-11)20-16-8-12-4-2-3-5-14(12)19(16)15-9-13(21(22)23)6-7-18(15)25-20/h2-7,9-10,16,19-20,25H,8H2,1H3,(H3,22,23)(H,24,26). The van der Waals surface area contributed by atoms with Crippen LogP contribution in [0.3, 0.4) is 0 Å². The van der Waals surface area contributed by atoms with Gasteiger partial charge in [0.2, 0.25) is 0 Å². The molecule has 3 unspecified atom stereocenters. The maximum absolute atomic E-state index is 7.81. The predicted molar refractivity (Wildman–Crippen MR) is 103 cm³/mol. The number of amidine groups is 1. The fourth-order valence-electron chi connectivity index (χ4n) is 4.71. The van der Waals surface area contributed by atoms with E-state index in [-0.39, 0.29) is 11.9 Å². The Kier molecular flexibility index (Phi) is 3.19. The van der Waals surface area contributed by atoms with Gasteiger partial charge in [-0.15, -0.1) is 0 Å². The quantitative estimate of drug-likeness (QED) is 0.424. The zero-order valence-corrected chi connectivity index (χ0v) is 14.6. The van der Waals surface area contributed by atoms with Crippen LogP contribution in [0.1, 0.15) is 45.5 Å². The highest BCUT2D eigenvalue weighted by molar-refractivity contribution is 5.95. The summed E-state index contributed by atoms with van der Waals surface area (Å²) in [5.74, 6) is 0.836. The van der Waals surface area contributed by atoms with Crippen LogP contribution in [0.4, 0.5) is 5.69 Å². The molecule has 0 saturated heterocycles. The number of nitrogens with zero attached hydrogens (tertiary/aromatic N) is 1. The molecule has 2 aromatic carbocycles. The van der Waals surface area contributed by atoms with Gasteiger partial charge >= 0.3 is 0 Å². The molecule has 5 N–H and O–H groups in total. The zero-order valence-electron chi connectivity index (χ0n) is 14.6. The van der Waals surface area contributed by atoms with Gasteiger partial charge in [-0.25, -0.2) is 0 Å². The van der Waals surface area contributed by atoms with Crippen LogP contribution in [-0.2, 0) is 6.42 Å². The van der Waals surface area contributed by atoms with E-state index >= 15 is 0 Å². The van der Waals surface area contributed by atoms with Crippen molar-refractivity contribution in [3.8, 4) is 0 Å². The minimum absolute atomic E-state index is 0.114. The van der Waals surface area contributed by atoms with Crippen LogP contribution >= 0.6 is 0 Å². The Morgan fingerprint density at radius 3 is 2.77 bits per heavy atom. The van der Waals surface area contributed by atoms with Crippen molar-refractivity contribution >= 4 is 11.5 Å². The Morgan fingerprint density at radius 1 is 1.15 bits per heavy atom. The molecule has 0 bridgehead atoms. The fraction of sp³-hybridized carbons (Fsp3) is 0.238. The van der Waals surface area contributed by atoms with Crippen LogP contribution in [0.15, 0.2) is 48.7 Å². The molecule has 2 heterocycles. The predicted octanol–water partition coefficient (Wildman–Crippen LogP) is 3.47. The molecule has 26 heavy (non-hydrogen) atoms. The molecular weight excluding hydrogens is 322 g/mol. The normalized spacial score (nSPS) is 22.9. The van der Waals surface area contributed by atoms with Gasteiger partial charge in [-0.05, 0) is 54.2 Å². The van der Waals surface area contributed by atoms with Gasteiger partial charge in [-0.1, -0.05) is 24.3 Å². The molecule has 1 aromatic heterocycles. The number of hydrogen-bond acceptors (Lipinski definition) is 3. The summed E-state index contributed by atoms with van der Waals surface area (Å²) in [6.07, 6.45) is 2.98. The lowest BCUT2D eigenvalue weighted by atomic mass is 9.75. The highest BCUT2D eigenvalue weighted by atomic mass is 15.1. The summed E-state index contributed by atoms with van der Waals surface area (Å²) < 4.78 is 0. The van der Waals surface area contributed by atoms with E-state index in [4.69, 9.17) is 11.1 Å². The number of nitrogen functional groups attached to an aromatic ring is 1. The number of aromatic amines is 1. The summed E-state index contributed by atoms with van der Waals surface area (Å²) in [6.45, 7) is 2.08. The van der Waals surface area contributed by atoms with E-state index in [0.717, 1.165) is 23.4 Å². The van der Waals surface area contributed by atoms with Crippen LogP contribution in [0.25, 0.3) is 0 Å². The van der Waals surface area contributed by atoms with E-state index in [9.17, 15) is 0 Å². The Labute approximate surface area is 152 Å². The molecule has 2 aliphatic rings. The minimum atomic E-state index is 0.114. The number of H-pyrrole nitrogens is 1. The minimum Gasteiger partial charge on any atom is -0.384 e. The summed E-state index contributed by atoms with van der Waals surface area (Å²) in [7, 11) is 0. The summed E-state index contributed by atoms with van der Waals surface area (Å²) >= 11 is 0. The van der Waals surface area contributed by atoms with Crippen molar-refractivity contribution in [2.75, 3.05) is 5.32 Å². The molecule has 0 radical (unpaired) electrons. The Hall–Kier alpha value is -3.08. The molecule has 0 amide bonds. The summed E-state index contributed by atoms with van der Waals surface area (Å²) in [5, 5.41) is 18.9. The summed E-state index contributed by atoms with van der Waals surface area (Å²) in [4.78, 5) is 0. The first-order valence-corrected chi connectivity index (χ1v) is 8.96. The number of benzene rings is 2. The van der Waals surface area contributed by atoms with Gasteiger partial charge in [0, 0.05) is 28.4 Å². The molecule has 0 spiro atoms. The molecule has 1 aliphatic heterocycles. The van der Waals surface area contributed by atoms with Gasteiger partial charge in [0.25, 0.3) is 0 Å². The van der Waals surface area contributed by atoms with Crippen molar-refractivity contribution in [3.05, 3.63) is 82.2 Å². The largest absolute Gasteiger partial charge is 0.384 e. The number of nitrogens with two attached hydrogens (primary N) is 1. The van der Waals surface area contributed by atoms with Crippen LogP contribution in [0.2, 0.25) is 0 Å². The number of rotatable bonds is 2. The first-order valence-electron chi connectivity index (χ1n) is 8.96. The fourth-order valence-corrected chi connectivity index (χ4v) is 4.71. The molecule has 3 aromatic rings. The van der Waals surface area contributed by atoms with Gasteiger partial charge in [-0.2, -0.15) is 5.10 Å². The maximum Gasteiger partial charge on any atom is 0.122 e. The van der Waals surface area contributed by atoms with E-state index in [1.807, 2.05) is 12.3 Å². The first kappa shape index (κ1) is 15.2. The van der Waals surface area contributed by atoms with Crippen molar-refractivity contribution in [1.29, 1.82) is 5.41 Å². The Balaban J connectivity index is 1.71. The van der Waals surface area contributed by atoms with E-state index in [1.165, 1.54) is 22.3 Å². The van der Waals surface area contributed by atoms with Gasteiger partial charge in [0.1, 0.15) is 5.84 Å². The Morgan fingerprint density at radius 2 is 2.00 bits per heavy atom. The molecule has 5 rings (SSSR count). The lowest BCUT2D eigenvalue weighted by Gasteiger charge is -2.38. The topological polar surface area (TPSA) is 90.6 Å². The molecule has 5 heteroatoms. The van der Waals surface area contributed by atoms with Gasteiger partial charge in [0.15, 0.2) is 0 Å². The van der Waals surface area contributed by atoms with Crippen molar-refractivity contribution < 1.29 is 0 Å². The monoisotopic (exact) mass is 343 g/mol. The maximum atomic E-state index is 7.81. The van der Waals surface area contributed by atoms with E-state index < -0.39 is 0 Å². The first-order chi connectivity index (χ1) is 12.6. The van der Waals surface area contributed by atoms with E-state index in [0.29, 0.717) is 11.8 Å². The third-order valence-corrected chi connectivity index (χ3v) is 5.91. The Bertz CT molecular complexity index is 1020. The number of fused-ring (bicyclic) bond motifs is 5.